The molecule has 0 spiro atoms. The van der Waals surface area contributed by atoms with Crippen molar-refractivity contribution in [1.82, 2.24) is 0 Å². The highest BCUT2D eigenvalue weighted by Gasteiger charge is 2.40. The first-order chi connectivity index (χ1) is 8.60. The lowest BCUT2D eigenvalue weighted by atomic mass is 9.82. The molecule has 1 aliphatic heterocycles. The van der Waals surface area contributed by atoms with E-state index in [-0.39, 0.29) is 6.04 Å². The fourth-order valence-electron chi connectivity index (χ4n) is 2.40. The SMILES string of the molecule is COC1(C(N)c2cccc(Cl)c2Cl)CCOCC1. The molecule has 2 rings (SSSR count). The maximum absolute atomic E-state index is 6.36. The number of halogens is 2. The van der Waals surface area contributed by atoms with Crippen molar-refractivity contribution in [2.75, 3.05) is 20.3 Å². The third kappa shape index (κ3) is 2.51. The van der Waals surface area contributed by atoms with Crippen LogP contribution in [0.25, 0.3) is 0 Å². The van der Waals surface area contributed by atoms with E-state index < -0.39 is 5.60 Å². The van der Waals surface area contributed by atoms with Crippen molar-refractivity contribution in [2.45, 2.75) is 24.5 Å². The Labute approximate surface area is 117 Å². The van der Waals surface area contributed by atoms with E-state index in [4.69, 9.17) is 38.4 Å². The van der Waals surface area contributed by atoms with Gasteiger partial charge in [0.15, 0.2) is 0 Å². The van der Waals surface area contributed by atoms with Gasteiger partial charge in [-0.15, -0.1) is 0 Å². The van der Waals surface area contributed by atoms with E-state index in [2.05, 4.69) is 0 Å². The summed E-state index contributed by atoms with van der Waals surface area (Å²) >= 11 is 12.3. The van der Waals surface area contributed by atoms with E-state index in [0.29, 0.717) is 23.3 Å². The summed E-state index contributed by atoms with van der Waals surface area (Å²) in [7, 11) is 1.68. The Kier molecular flexibility index (Phi) is 4.51. The van der Waals surface area contributed by atoms with Gasteiger partial charge in [0.2, 0.25) is 0 Å². The van der Waals surface area contributed by atoms with Crippen LogP contribution in [0.1, 0.15) is 24.4 Å². The van der Waals surface area contributed by atoms with Crippen molar-refractivity contribution >= 4 is 23.2 Å². The molecule has 0 saturated carbocycles. The number of methoxy groups -OCH3 is 1. The number of hydrogen-bond donors (Lipinski definition) is 1. The van der Waals surface area contributed by atoms with E-state index in [1.807, 2.05) is 12.1 Å². The first-order valence-corrected chi connectivity index (χ1v) is 6.69. The molecule has 1 aliphatic rings. The fraction of sp³-hybridized carbons (Fsp3) is 0.538. The molecule has 1 aromatic rings. The van der Waals surface area contributed by atoms with Crippen molar-refractivity contribution in [3.63, 3.8) is 0 Å². The van der Waals surface area contributed by atoms with Gasteiger partial charge < -0.3 is 15.2 Å². The molecule has 0 bridgehead atoms. The van der Waals surface area contributed by atoms with E-state index in [1.54, 1.807) is 13.2 Å². The molecule has 1 aromatic carbocycles. The Morgan fingerprint density at radius 2 is 2.00 bits per heavy atom. The molecule has 1 fully saturated rings. The predicted octanol–water partition coefficient (Wildman–Crippen LogP) is 3.19. The first-order valence-electron chi connectivity index (χ1n) is 5.93. The summed E-state index contributed by atoms with van der Waals surface area (Å²) in [6.07, 6.45) is 1.51. The van der Waals surface area contributed by atoms with Crippen LogP contribution in [-0.4, -0.2) is 25.9 Å². The Bertz CT molecular complexity index is 419. The minimum atomic E-state index is -0.424. The van der Waals surface area contributed by atoms with Crippen molar-refractivity contribution in [2.24, 2.45) is 5.73 Å². The van der Waals surface area contributed by atoms with Crippen molar-refractivity contribution in [3.05, 3.63) is 33.8 Å². The molecule has 0 amide bonds. The molecule has 100 valence electrons. The van der Waals surface area contributed by atoms with Crippen LogP contribution in [0.5, 0.6) is 0 Å². The summed E-state index contributed by atoms with van der Waals surface area (Å²) in [5.74, 6) is 0. The molecule has 1 atom stereocenters. The Hall–Kier alpha value is -0.320. The van der Waals surface area contributed by atoms with Crippen LogP contribution < -0.4 is 5.73 Å². The molecule has 0 aliphatic carbocycles. The third-order valence-electron chi connectivity index (χ3n) is 3.63. The Morgan fingerprint density at radius 3 is 2.61 bits per heavy atom. The van der Waals surface area contributed by atoms with E-state index in [1.165, 1.54) is 0 Å². The lowest BCUT2D eigenvalue weighted by Gasteiger charge is -2.41. The number of rotatable bonds is 3. The van der Waals surface area contributed by atoms with Crippen LogP contribution in [0.3, 0.4) is 0 Å². The van der Waals surface area contributed by atoms with Gasteiger partial charge in [0.1, 0.15) is 0 Å². The quantitative estimate of drug-likeness (QED) is 0.929. The molecule has 1 unspecified atom stereocenters. The highest BCUT2D eigenvalue weighted by atomic mass is 35.5. The summed E-state index contributed by atoms with van der Waals surface area (Å²) in [5.41, 5.74) is 6.76. The van der Waals surface area contributed by atoms with Crippen LogP contribution in [0.2, 0.25) is 10.0 Å². The lowest BCUT2D eigenvalue weighted by molar-refractivity contribution is -0.105. The van der Waals surface area contributed by atoms with Crippen LogP contribution in [0.4, 0.5) is 0 Å². The number of benzene rings is 1. The van der Waals surface area contributed by atoms with Crippen molar-refractivity contribution in [3.8, 4) is 0 Å². The summed E-state index contributed by atoms with van der Waals surface area (Å²) in [4.78, 5) is 0. The monoisotopic (exact) mass is 289 g/mol. The van der Waals surface area contributed by atoms with Crippen molar-refractivity contribution in [1.29, 1.82) is 0 Å². The molecule has 18 heavy (non-hydrogen) atoms. The van der Waals surface area contributed by atoms with Gasteiger partial charge in [-0.05, 0) is 11.6 Å². The predicted molar refractivity (Wildman–Crippen MR) is 73.2 cm³/mol. The second-order valence-corrected chi connectivity index (χ2v) is 5.29. The molecule has 1 saturated heterocycles. The second kappa shape index (κ2) is 5.76. The van der Waals surface area contributed by atoms with E-state index in [9.17, 15) is 0 Å². The maximum Gasteiger partial charge on any atom is 0.0914 e. The zero-order valence-corrected chi connectivity index (χ0v) is 11.8. The normalized spacial score (nSPS) is 20.7. The van der Waals surface area contributed by atoms with Crippen molar-refractivity contribution < 1.29 is 9.47 Å². The minimum Gasteiger partial charge on any atom is -0.381 e. The van der Waals surface area contributed by atoms with Crippen LogP contribution in [0, 0.1) is 0 Å². The van der Waals surface area contributed by atoms with Gasteiger partial charge in [0.05, 0.1) is 21.7 Å². The Morgan fingerprint density at radius 1 is 1.33 bits per heavy atom. The first kappa shape index (κ1) is 14.1. The highest BCUT2D eigenvalue weighted by molar-refractivity contribution is 6.42. The molecule has 1 heterocycles. The Balaban J connectivity index is 2.33. The molecule has 0 aromatic heterocycles. The summed E-state index contributed by atoms with van der Waals surface area (Å²) in [6.45, 7) is 1.31. The smallest absolute Gasteiger partial charge is 0.0914 e. The van der Waals surface area contributed by atoms with Gasteiger partial charge in [0.25, 0.3) is 0 Å². The molecular weight excluding hydrogens is 273 g/mol. The minimum absolute atomic E-state index is 0.308. The van der Waals surface area contributed by atoms with Gasteiger partial charge in [-0.1, -0.05) is 35.3 Å². The molecule has 0 radical (unpaired) electrons. The van der Waals surface area contributed by atoms with Crippen LogP contribution in [0.15, 0.2) is 18.2 Å². The van der Waals surface area contributed by atoms with E-state index in [0.717, 1.165) is 18.4 Å². The van der Waals surface area contributed by atoms with Crippen LogP contribution in [-0.2, 0) is 9.47 Å². The average molecular weight is 290 g/mol. The van der Waals surface area contributed by atoms with Gasteiger partial charge >= 0.3 is 0 Å². The molecule has 2 N–H and O–H groups in total. The second-order valence-electron chi connectivity index (χ2n) is 4.50. The topological polar surface area (TPSA) is 44.5 Å². The third-order valence-corrected chi connectivity index (χ3v) is 4.46. The summed E-state index contributed by atoms with van der Waals surface area (Å²) in [6, 6.07) is 5.20. The molecule has 3 nitrogen and oxygen atoms in total. The number of hydrogen-bond acceptors (Lipinski definition) is 3. The van der Waals surface area contributed by atoms with Crippen LogP contribution >= 0.6 is 23.2 Å². The lowest BCUT2D eigenvalue weighted by Crippen LogP contribution is -2.47. The summed E-state index contributed by atoms with van der Waals surface area (Å²) < 4.78 is 11.1. The standard InChI is InChI=1S/C13H17Cl2NO2/c1-17-13(5-7-18-8-6-13)12(16)9-3-2-4-10(14)11(9)15/h2-4,12H,5-8,16H2,1H3. The van der Waals surface area contributed by atoms with Gasteiger partial charge in [-0.2, -0.15) is 0 Å². The fourth-order valence-corrected chi connectivity index (χ4v) is 2.83. The maximum atomic E-state index is 6.36. The number of nitrogens with two attached hydrogens (primary N) is 1. The highest BCUT2D eigenvalue weighted by Crippen LogP contribution is 2.39. The average Bonchev–Trinajstić information content (AvgIpc) is 2.42. The van der Waals surface area contributed by atoms with Gasteiger partial charge in [-0.25, -0.2) is 0 Å². The zero-order chi connectivity index (χ0) is 13.2. The van der Waals surface area contributed by atoms with Gasteiger partial charge in [-0.3, -0.25) is 0 Å². The molecular formula is C13H17Cl2NO2. The zero-order valence-electron chi connectivity index (χ0n) is 10.3. The van der Waals surface area contributed by atoms with E-state index >= 15 is 0 Å². The molecule has 5 heteroatoms. The van der Waals surface area contributed by atoms with Gasteiger partial charge in [0, 0.05) is 33.2 Å². The largest absolute Gasteiger partial charge is 0.381 e. The number of ether oxygens (including phenoxy) is 2. The summed E-state index contributed by atoms with van der Waals surface area (Å²) in [5, 5.41) is 1.03.